The highest BCUT2D eigenvalue weighted by Gasteiger charge is 2.57. The van der Waals surface area contributed by atoms with E-state index < -0.39 is 23.9 Å². The Morgan fingerprint density at radius 3 is 2.77 bits per heavy atom. The van der Waals surface area contributed by atoms with Crippen molar-refractivity contribution in [2.24, 2.45) is 5.92 Å². The topological polar surface area (TPSA) is 49.3 Å². The van der Waals surface area contributed by atoms with Crippen LogP contribution in [-0.2, 0) is 4.79 Å². The fourth-order valence-corrected chi connectivity index (χ4v) is 2.45. The number of carbonyl (C=O) groups is 1. The van der Waals surface area contributed by atoms with E-state index in [1.807, 2.05) is 0 Å². The largest absolute Gasteiger partial charge is 0.481 e. The van der Waals surface area contributed by atoms with Crippen molar-refractivity contribution < 1.29 is 18.7 Å². The van der Waals surface area contributed by atoms with Gasteiger partial charge in [-0.05, 0) is 12.3 Å². The Labute approximate surface area is 74.1 Å². The van der Waals surface area contributed by atoms with E-state index >= 15 is 0 Å². The van der Waals surface area contributed by atoms with Crippen LogP contribution in [0.4, 0.5) is 8.78 Å². The summed E-state index contributed by atoms with van der Waals surface area (Å²) in [6.07, 6.45) is 0.296. The molecule has 2 bridgehead atoms. The van der Waals surface area contributed by atoms with Gasteiger partial charge in [-0.15, -0.1) is 0 Å². The molecular formula is C8H11F2NO2. The summed E-state index contributed by atoms with van der Waals surface area (Å²) < 4.78 is 26.2. The Bertz CT molecular complexity index is 244. The Balaban J connectivity index is 2.06. The van der Waals surface area contributed by atoms with E-state index in [4.69, 9.17) is 5.11 Å². The maximum Gasteiger partial charge on any atom is 0.303 e. The van der Waals surface area contributed by atoms with Gasteiger partial charge in [0.2, 0.25) is 0 Å². The Morgan fingerprint density at radius 1 is 1.62 bits per heavy atom. The van der Waals surface area contributed by atoms with E-state index in [2.05, 4.69) is 5.32 Å². The molecule has 0 spiro atoms. The Morgan fingerprint density at radius 2 is 2.31 bits per heavy atom. The second-order valence-electron chi connectivity index (χ2n) is 3.90. The average molecular weight is 191 g/mol. The predicted molar refractivity (Wildman–Crippen MR) is 40.6 cm³/mol. The van der Waals surface area contributed by atoms with Gasteiger partial charge in [0.25, 0.3) is 5.92 Å². The molecule has 0 radical (unpaired) electrons. The van der Waals surface area contributed by atoms with Gasteiger partial charge in [-0.1, -0.05) is 0 Å². The highest BCUT2D eigenvalue weighted by Crippen LogP contribution is 2.44. The molecule has 0 aromatic heterocycles. The van der Waals surface area contributed by atoms with Gasteiger partial charge in [0.05, 0.1) is 6.04 Å². The molecule has 0 amide bonds. The summed E-state index contributed by atoms with van der Waals surface area (Å²) in [7, 11) is 0. The maximum atomic E-state index is 13.1. The normalized spacial score (nSPS) is 40.9. The molecule has 1 unspecified atom stereocenters. The van der Waals surface area contributed by atoms with Crippen molar-refractivity contribution in [2.75, 3.05) is 0 Å². The highest BCUT2D eigenvalue weighted by molar-refractivity contribution is 5.67. The van der Waals surface area contributed by atoms with Crippen molar-refractivity contribution in [1.82, 2.24) is 5.32 Å². The molecule has 2 N–H and O–H groups in total. The third-order valence-electron chi connectivity index (χ3n) is 2.88. The zero-order chi connectivity index (χ0) is 9.64. The lowest BCUT2D eigenvalue weighted by molar-refractivity contribution is -0.139. The minimum atomic E-state index is -2.71. The van der Waals surface area contributed by atoms with E-state index in [9.17, 15) is 13.6 Å². The number of carboxylic acids is 1. The summed E-state index contributed by atoms with van der Waals surface area (Å²) in [6.45, 7) is 0. The van der Waals surface area contributed by atoms with Crippen molar-refractivity contribution >= 4 is 5.97 Å². The van der Waals surface area contributed by atoms with Crippen LogP contribution in [0.1, 0.15) is 19.3 Å². The first-order chi connectivity index (χ1) is 5.99. The van der Waals surface area contributed by atoms with Crippen molar-refractivity contribution in [3.05, 3.63) is 0 Å². The average Bonchev–Trinajstić information content (AvgIpc) is 2.39. The van der Waals surface area contributed by atoms with Crippen LogP contribution in [-0.4, -0.2) is 29.1 Å². The summed E-state index contributed by atoms with van der Waals surface area (Å²) in [5, 5.41) is 11.3. The Hall–Kier alpha value is -0.710. The molecular weight excluding hydrogens is 180 g/mol. The summed E-state index contributed by atoms with van der Waals surface area (Å²) in [4.78, 5) is 10.4. The smallest absolute Gasteiger partial charge is 0.303 e. The summed E-state index contributed by atoms with van der Waals surface area (Å²) in [6, 6.07) is -1.09. The third-order valence-corrected chi connectivity index (χ3v) is 2.88. The molecule has 0 saturated carbocycles. The summed E-state index contributed by atoms with van der Waals surface area (Å²) in [5.74, 6) is -4.09. The van der Waals surface area contributed by atoms with Crippen LogP contribution in [0.25, 0.3) is 0 Å². The van der Waals surface area contributed by atoms with Crippen LogP contribution < -0.4 is 5.32 Å². The number of nitrogens with one attached hydrogen (secondary N) is 1. The minimum Gasteiger partial charge on any atom is -0.481 e. The molecule has 74 valence electrons. The van der Waals surface area contributed by atoms with Gasteiger partial charge in [-0.2, -0.15) is 0 Å². The maximum absolute atomic E-state index is 13.1. The Kier molecular flexibility index (Phi) is 1.80. The quantitative estimate of drug-likeness (QED) is 0.680. The van der Waals surface area contributed by atoms with E-state index in [0.717, 1.165) is 0 Å². The molecule has 2 aliphatic heterocycles. The van der Waals surface area contributed by atoms with Crippen molar-refractivity contribution in [1.29, 1.82) is 0 Å². The van der Waals surface area contributed by atoms with Crippen LogP contribution in [0.5, 0.6) is 0 Å². The fraction of sp³-hybridized carbons (Fsp3) is 0.875. The van der Waals surface area contributed by atoms with E-state index in [0.29, 0.717) is 6.42 Å². The molecule has 13 heavy (non-hydrogen) atoms. The fourth-order valence-electron chi connectivity index (χ4n) is 2.45. The standard InChI is InChI=1S/C8H11F2NO2/c9-8(10)3-5-1-4(2-6(12)13)7(8)11-5/h4-5,7,11H,1-3H2,(H,12,13)/t4?,5-,7+/m1/s1. The molecule has 2 aliphatic rings. The first-order valence-corrected chi connectivity index (χ1v) is 4.35. The number of alkyl halides is 2. The van der Waals surface area contributed by atoms with E-state index in [-0.39, 0.29) is 18.9 Å². The lowest BCUT2D eigenvalue weighted by atomic mass is 9.84. The van der Waals surface area contributed by atoms with Crippen molar-refractivity contribution in [2.45, 2.75) is 37.3 Å². The van der Waals surface area contributed by atoms with Crippen LogP contribution in [0.3, 0.4) is 0 Å². The lowest BCUT2D eigenvalue weighted by Gasteiger charge is -2.26. The number of hydrogen-bond donors (Lipinski definition) is 2. The van der Waals surface area contributed by atoms with Crippen LogP contribution in [0.2, 0.25) is 0 Å². The first-order valence-electron chi connectivity index (χ1n) is 4.35. The van der Waals surface area contributed by atoms with Gasteiger partial charge < -0.3 is 10.4 Å². The summed E-state index contributed by atoms with van der Waals surface area (Å²) in [5.41, 5.74) is 0. The number of fused-ring (bicyclic) bond motifs is 2. The number of rotatable bonds is 2. The second kappa shape index (κ2) is 2.64. The lowest BCUT2D eigenvalue weighted by Crippen LogP contribution is -2.40. The van der Waals surface area contributed by atoms with Gasteiger partial charge >= 0.3 is 5.97 Å². The van der Waals surface area contributed by atoms with Gasteiger partial charge in [-0.3, -0.25) is 4.79 Å². The van der Waals surface area contributed by atoms with Crippen LogP contribution in [0, 0.1) is 5.92 Å². The molecule has 0 aliphatic carbocycles. The molecule has 0 aromatic rings. The molecule has 2 rings (SSSR count). The molecule has 2 fully saturated rings. The number of aliphatic carboxylic acids is 1. The predicted octanol–water partition coefficient (Wildman–Crippen LogP) is 0.847. The molecule has 2 heterocycles. The van der Waals surface area contributed by atoms with Crippen LogP contribution in [0.15, 0.2) is 0 Å². The molecule has 5 heteroatoms. The third kappa shape index (κ3) is 1.41. The number of halogens is 2. The zero-order valence-electron chi connectivity index (χ0n) is 6.96. The van der Waals surface area contributed by atoms with Crippen LogP contribution >= 0.6 is 0 Å². The summed E-state index contributed by atoms with van der Waals surface area (Å²) >= 11 is 0. The molecule has 3 nitrogen and oxygen atoms in total. The second-order valence-corrected chi connectivity index (χ2v) is 3.90. The number of hydrogen-bond acceptors (Lipinski definition) is 2. The van der Waals surface area contributed by atoms with Gasteiger partial charge in [0.1, 0.15) is 0 Å². The zero-order valence-corrected chi connectivity index (χ0v) is 6.96. The van der Waals surface area contributed by atoms with Gasteiger partial charge in [-0.25, -0.2) is 8.78 Å². The van der Waals surface area contributed by atoms with E-state index in [1.54, 1.807) is 0 Å². The first kappa shape index (κ1) is 8.87. The van der Waals surface area contributed by atoms with Crippen molar-refractivity contribution in [3.8, 4) is 0 Å². The van der Waals surface area contributed by atoms with Crippen molar-refractivity contribution in [3.63, 3.8) is 0 Å². The monoisotopic (exact) mass is 191 g/mol. The van der Waals surface area contributed by atoms with Gasteiger partial charge in [0.15, 0.2) is 0 Å². The molecule has 2 saturated heterocycles. The molecule has 3 atom stereocenters. The van der Waals surface area contributed by atoms with E-state index in [1.165, 1.54) is 0 Å². The van der Waals surface area contributed by atoms with Gasteiger partial charge in [0, 0.05) is 18.9 Å². The molecule has 0 aromatic carbocycles. The number of carboxylic acid groups (broad SMARTS) is 1. The minimum absolute atomic E-state index is 0.131. The highest BCUT2D eigenvalue weighted by atomic mass is 19.3. The SMILES string of the molecule is O=C(O)CC1C[C@@H]2CC(F)(F)[C@H]1N2.